The molecule has 0 heterocycles. The van der Waals surface area contributed by atoms with Crippen LogP contribution in [0.1, 0.15) is 22.8 Å². The molecule has 5 nitrogen and oxygen atoms in total. The number of amides is 1. The summed E-state index contributed by atoms with van der Waals surface area (Å²) < 4.78 is 0. The van der Waals surface area contributed by atoms with E-state index in [1.807, 2.05) is 0 Å². The lowest BCUT2D eigenvalue weighted by Crippen LogP contribution is -2.13. The third-order valence-corrected chi connectivity index (χ3v) is 1.84. The van der Waals surface area contributed by atoms with Crippen molar-refractivity contribution < 1.29 is 14.7 Å². The van der Waals surface area contributed by atoms with Crippen molar-refractivity contribution in [3.05, 3.63) is 23.3 Å². The molecule has 80 valence electrons. The summed E-state index contributed by atoms with van der Waals surface area (Å²) in [6, 6.07) is 3.07. The van der Waals surface area contributed by atoms with E-state index in [2.05, 4.69) is 5.32 Å². The molecule has 0 bridgehead atoms. The number of carbonyl (C=O) groups excluding carboxylic acids is 1. The molecule has 1 aromatic rings. The van der Waals surface area contributed by atoms with Crippen LogP contribution in [-0.4, -0.2) is 17.0 Å². The van der Waals surface area contributed by atoms with Gasteiger partial charge in [-0.2, -0.15) is 0 Å². The van der Waals surface area contributed by atoms with Gasteiger partial charge in [0.1, 0.15) is 0 Å². The zero-order valence-corrected chi connectivity index (χ0v) is 8.50. The van der Waals surface area contributed by atoms with E-state index in [4.69, 9.17) is 10.8 Å². The molecule has 0 radical (unpaired) electrons. The smallest absolute Gasteiger partial charge is 0.337 e. The van der Waals surface area contributed by atoms with E-state index in [-0.39, 0.29) is 22.8 Å². The normalized spacial score (nSPS) is 9.73. The minimum absolute atomic E-state index is 0.00250. The molecule has 0 aliphatic carbocycles. The minimum Gasteiger partial charge on any atom is -0.478 e. The molecule has 0 fully saturated rings. The first-order chi connectivity index (χ1) is 6.91. The zero-order chi connectivity index (χ0) is 11.6. The number of benzene rings is 1. The predicted octanol–water partition coefficient (Wildman–Crippen LogP) is 1.23. The highest BCUT2D eigenvalue weighted by Crippen LogP contribution is 2.25. The first-order valence-electron chi connectivity index (χ1n) is 4.33. The van der Waals surface area contributed by atoms with Crippen LogP contribution in [0.25, 0.3) is 0 Å². The van der Waals surface area contributed by atoms with Crippen LogP contribution in [0.4, 0.5) is 11.4 Å². The van der Waals surface area contributed by atoms with Crippen molar-refractivity contribution in [2.75, 3.05) is 11.1 Å². The average Bonchev–Trinajstić information content (AvgIpc) is 2.08. The van der Waals surface area contributed by atoms with Gasteiger partial charge >= 0.3 is 5.97 Å². The Balaban J connectivity index is 3.33. The van der Waals surface area contributed by atoms with Gasteiger partial charge in [0.25, 0.3) is 0 Å². The van der Waals surface area contributed by atoms with Crippen molar-refractivity contribution in [2.24, 2.45) is 0 Å². The lowest BCUT2D eigenvalue weighted by atomic mass is 10.1. The second kappa shape index (κ2) is 4.00. The molecule has 15 heavy (non-hydrogen) atoms. The predicted molar refractivity (Wildman–Crippen MR) is 56.9 cm³/mol. The van der Waals surface area contributed by atoms with Crippen LogP contribution in [0.5, 0.6) is 0 Å². The molecule has 0 aliphatic rings. The number of nitrogen functional groups attached to an aromatic ring is 1. The second-order valence-corrected chi connectivity index (χ2v) is 3.26. The van der Waals surface area contributed by atoms with Crippen LogP contribution in [0.15, 0.2) is 12.1 Å². The second-order valence-electron chi connectivity index (χ2n) is 3.26. The Morgan fingerprint density at radius 1 is 1.40 bits per heavy atom. The van der Waals surface area contributed by atoms with Gasteiger partial charge in [-0.05, 0) is 24.6 Å². The molecule has 0 aliphatic heterocycles. The number of nitrogens with one attached hydrogen (secondary N) is 1. The van der Waals surface area contributed by atoms with Crippen LogP contribution >= 0.6 is 0 Å². The minimum atomic E-state index is -1.12. The highest BCUT2D eigenvalue weighted by atomic mass is 16.4. The third-order valence-electron chi connectivity index (χ3n) is 1.84. The summed E-state index contributed by atoms with van der Waals surface area (Å²) in [6.07, 6.45) is 0. The summed E-state index contributed by atoms with van der Waals surface area (Å²) in [4.78, 5) is 21.8. The van der Waals surface area contributed by atoms with Crippen molar-refractivity contribution >= 4 is 23.3 Å². The Morgan fingerprint density at radius 2 is 2.00 bits per heavy atom. The molecule has 1 aromatic carbocycles. The fourth-order valence-electron chi connectivity index (χ4n) is 1.30. The van der Waals surface area contributed by atoms with Gasteiger partial charge in [0.05, 0.1) is 16.9 Å². The number of nitrogens with two attached hydrogens (primary N) is 1. The first-order valence-corrected chi connectivity index (χ1v) is 4.33. The lowest BCUT2D eigenvalue weighted by molar-refractivity contribution is -0.114. The van der Waals surface area contributed by atoms with Gasteiger partial charge in [-0.25, -0.2) is 4.79 Å². The number of rotatable bonds is 2. The number of carboxylic acid groups (broad SMARTS) is 1. The summed E-state index contributed by atoms with van der Waals surface area (Å²) in [6.45, 7) is 3.03. The Labute approximate surface area is 86.9 Å². The van der Waals surface area contributed by atoms with Crippen molar-refractivity contribution in [1.29, 1.82) is 0 Å². The summed E-state index contributed by atoms with van der Waals surface area (Å²) in [5.41, 5.74) is 6.77. The quantitative estimate of drug-likeness (QED) is 0.637. The molecule has 4 N–H and O–H groups in total. The maximum absolute atomic E-state index is 10.9. The Kier molecular flexibility index (Phi) is 2.94. The molecule has 1 amide bonds. The molecule has 0 saturated carbocycles. The maximum atomic E-state index is 10.9. The van der Waals surface area contributed by atoms with Crippen molar-refractivity contribution in [1.82, 2.24) is 0 Å². The molecule has 0 unspecified atom stereocenters. The van der Waals surface area contributed by atoms with E-state index in [1.54, 1.807) is 13.0 Å². The number of aryl methyl sites for hydroxylation is 1. The number of carboxylic acids is 1. The molecule has 0 atom stereocenters. The van der Waals surface area contributed by atoms with Crippen LogP contribution in [-0.2, 0) is 4.79 Å². The van der Waals surface area contributed by atoms with Crippen LogP contribution in [0.2, 0.25) is 0 Å². The van der Waals surface area contributed by atoms with E-state index in [9.17, 15) is 9.59 Å². The van der Waals surface area contributed by atoms with E-state index < -0.39 is 5.97 Å². The summed E-state index contributed by atoms with van der Waals surface area (Å²) in [7, 11) is 0. The molecular formula is C10H12N2O3. The Morgan fingerprint density at radius 3 is 2.47 bits per heavy atom. The summed E-state index contributed by atoms with van der Waals surface area (Å²) in [5.74, 6) is -1.47. The highest BCUT2D eigenvalue weighted by Gasteiger charge is 2.14. The lowest BCUT2D eigenvalue weighted by Gasteiger charge is -2.10. The van der Waals surface area contributed by atoms with Gasteiger partial charge in [0.2, 0.25) is 5.91 Å². The van der Waals surface area contributed by atoms with E-state index in [1.165, 1.54) is 13.0 Å². The van der Waals surface area contributed by atoms with E-state index >= 15 is 0 Å². The van der Waals surface area contributed by atoms with Gasteiger partial charge in [-0.15, -0.1) is 0 Å². The monoisotopic (exact) mass is 208 g/mol. The zero-order valence-electron chi connectivity index (χ0n) is 8.50. The van der Waals surface area contributed by atoms with Gasteiger partial charge < -0.3 is 16.2 Å². The van der Waals surface area contributed by atoms with Gasteiger partial charge in [0, 0.05) is 6.92 Å². The Hall–Kier alpha value is -2.04. The fourth-order valence-corrected chi connectivity index (χ4v) is 1.30. The standard InChI is InChI=1S/C10H12N2O3/c1-5-3-7(10(14)15)9(8(11)4-5)12-6(2)13/h3-4H,11H2,1-2H3,(H,12,13)(H,14,15). The van der Waals surface area contributed by atoms with Crippen LogP contribution in [0.3, 0.4) is 0 Å². The highest BCUT2D eigenvalue weighted by molar-refractivity contribution is 6.03. The Bertz CT molecular complexity index is 427. The molecule has 1 rings (SSSR count). The topological polar surface area (TPSA) is 92.4 Å². The molecule has 5 heteroatoms. The number of carbonyl (C=O) groups is 2. The number of aromatic carboxylic acids is 1. The van der Waals surface area contributed by atoms with Gasteiger partial charge in [-0.3, -0.25) is 4.79 Å². The van der Waals surface area contributed by atoms with Crippen molar-refractivity contribution in [3.8, 4) is 0 Å². The maximum Gasteiger partial charge on any atom is 0.337 e. The number of hydrogen-bond acceptors (Lipinski definition) is 3. The largest absolute Gasteiger partial charge is 0.478 e. The van der Waals surface area contributed by atoms with Crippen LogP contribution in [0, 0.1) is 6.92 Å². The van der Waals surface area contributed by atoms with Crippen LogP contribution < -0.4 is 11.1 Å². The van der Waals surface area contributed by atoms with Crippen molar-refractivity contribution in [2.45, 2.75) is 13.8 Å². The fraction of sp³-hybridized carbons (Fsp3) is 0.200. The van der Waals surface area contributed by atoms with E-state index in [0.717, 1.165) is 5.56 Å². The molecule has 0 aromatic heterocycles. The molecule has 0 spiro atoms. The average molecular weight is 208 g/mol. The van der Waals surface area contributed by atoms with Gasteiger partial charge in [-0.1, -0.05) is 0 Å². The SMILES string of the molecule is CC(=O)Nc1c(N)cc(C)cc1C(=O)O. The third kappa shape index (κ3) is 2.46. The first kappa shape index (κ1) is 11.0. The number of hydrogen-bond donors (Lipinski definition) is 3. The molecular weight excluding hydrogens is 196 g/mol. The van der Waals surface area contributed by atoms with Crippen molar-refractivity contribution in [3.63, 3.8) is 0 Å². The summed E-state index contributed by atoms with van der Waals surface area (Å²) >= 11 is 0. The number of anilines is 2. The van der Waals surface area contributed by atoms with Gasteiger partial charge in [0.15, 0.2) is 0 Å². The van der Waals surface area contributed by atoms with E-state index in [0.29, 0.717) is 0 Å². The summed E-state index contributed by atoms with van der Waals surface area (Å²) in [5, 5.41) is 11.3. The molecule has 0 saturated heterocycles.